The molecule has 0 saturated carbocycles. The van der Waals surface area contributed by atoms with E-state index in [9.17, 15) is 14.9 Å². The van der Waals surface area contributed by atoms with E-state index in [1.807, 2.05) is 24.3 Å². The van der Waals surface area contributed by atoms with Gasteiger partial charge < -0.3 is 4.42 Å². The van der Waals surface area contributed by atoms with Crippen molar-refractivity contribution in [3.05, 3.63) is 85.3 Å². The summed E-state index contributed by atoms with van der Waals surface area (Å²) in [5.41, 5.74) is 3.68. The molecule has 0 aliphatic carbocycles. The maximum absolute atomic E-state index is 12.3. The molecule has 0 bridgehead atoms. The molecule has 1 N–H and O–H groups in total. The normalized spacial score (nSPS) is 11.2. The number of nitrogens with one attached hydrogen (secondary N) is 1. The maximum atomic E-state index is 12.3. The lowest BCUT2D eigenvalue weighted by Gasteiger charge is -2.00. The molecule has 0 spiro atoms. The number of nitro benzene ring substituents is 1. The van der Waals surface area contributed by atoms with Crippen molar-refractivity contribution in [3.63, 3.8) is 0 Å². The van der Waals surface area contributed by atoms with E-state index in [4.69, 9.17) is 4.42 Å². The Morgan fingerprint density at radius 3 is 2.76 bits per heavy atom. The minimum atomic E-state index is -0.542. The first-order valence-electron chi connectivity index (χ1n) is 8.23. The number of benzene rings is 2. The van der Waals surface area contributed by atoms with Gasteiger partial charge in [-0.3, -0.25) is 15.5 Å². The summed E-state index contributed by atoms with van der Waals surface area (Å²) in [6.45, 7) is 0. The first kappa shape index (κ1) is 19.0. The fraction of sp³-hybridized carbons (Fsp3) is 0. The molecule has 8 nitrogen and oxygen atoms in total. The van der Waals surface area contributed by atoms with Crippen LogP contribution in [0.3, 0.4) is 0 Å². The molecule has 0 atom stereocenters. The van der Waals surface area contributed by atoms with Gasteiger partial charge >= 0.3 is 5.63 Å². The molecule has 144 valence electrons. The van der Waals surface area contributed by atoms with E-state index in [1.165, 1.54) is 35.7 Å². The number of fused-ring (bicyclic) bond motifs is 1. The van der Waals surface area contributed by atoms with Gasteiger partial charge in [-0.15, -0.1) is 0 Å². The van der Waals surface area contributed by atoms with Gasteiger partial charge in [0.15, 0.2) is 0 Å². The van der Waals surface area contributed by atoms with E-state index >= 15 is 0 Å². The maximum Gasteiger partial charge on any atom is 0.345 e. The van der Waals surface area contributed by atoms with E-state index in [-0.39, 0.29) is 16.8 Å². The third-order valence-corrected chi connectivity index (χ3v) is 5.41. The first-order valence-corrected chi connectivity index (χ1v) is 9.84. The number of rotatable bonds is 5. The molecule has 0 radical (unpaired) electrons. The second-order valence-electron chi connectivity index (χ2n) is 5.88. The van der Waals surface area contributed by atoms with Crippen LogP contribution in [0.25, 0.3) is 21.4 Å². The fourth-order valence-electron chi connectivity index (χ4n) is 2.56. The van der Waals surface area contributed by atoms with E-state index < -0.39 is 10.5 Å². The quantitative estimate of drug-likeness (QED) is 0.189. The molecule has 0 saturated heterocycles. The number of aromatic nitrogens is 1. The molecule has 29 heavy (non-hydrogen) atoms. The summed E-state index contributed by atoms with van der Waals surface area (Å²) in [6, 6.07) is 13.3. The minimum Gasteiger partial charge on any atom is -0.422 e. The Morgan fingerprint density at radius 1 is 1.21 bits per heavy atom. The average Bonchev–Trinajstić information content (AvgIpc) is 3.17. The molecule has 0 amide bonds. The summed E-state index contributed by atoms with van der Waals surface area (Å²) < 4.78 is 6.27. The molecular weight excluding hydrogens is 460 g/mol. The van der Waals surface area contributed by atoms with Crippen molar-refractivity contribution in [2.24, 2.45) is 5.10 Å². The number of nitro groups is 1. The van der Waals surface area contributed by atoms with Gasteiger partial charge in [0.05, 0.1) is 21.6 Å². The number of hydrogen-bond acceptors (Lipinski definition) is 8. The van der Waals surface area contributed by atoms with Crippen molar-refractivity contribution in [1.29, 1.82) is 0 Å². The number of non-ortho nitro benzene ring substituents is 1. The Morgan fingerprint density at radius 2 is 2.00 bits per heavy atom. The second kappa shape index (κ2) is 7.94. The van der Waals surface area contributed by atoms with E-state index in [0.29, 0.717) is 15.4 Å². The van der Waals surface area contributed by atoms with Gasteiger partial charge in [0.25, 0.3) is 5.69 Å². The number of halogens is 1. The summed E-state index contributed by atoms with van der Waals surface area (Å²) >= 11 is 4.59. The zero-order valence-electron chi connectivity index (χ0n) is 14.5. The topological polar surface area (TPSA) is 111 Å². The Balaban J connectivity index is 1.59. The fourth-order valence-corrected chi connectivity index (χ4v) is 3.59. The molecular formula is C19H11BrN4O4S. The van der Waals surface area contributed by atoms with Gasteiger partial charge in [-0.25, -0.2) is 9.78 Å². The summed E-state index contributed by atoms with van der Waals surface area (Å²) in [6.07, 6.45) is 3.18. The molecule has 4 rings (SSSR count). The van der Waals surface area contributed by atoms with E-state index in [0.717, 1.165) is 10.0 Å². The summed E-state index contributed by atoms with van der Waals surface area (Å²) in [4.78, 5) is 27.6. The number of anilines is 1. The molecule has 10 heteroatoms. The lowest BCUT2D eigenvalue weighted by molar-refractivity contribution is -0.384. The van der Waals surface area contributed by atoms with Crippen molar-refractivity contribution >= 4 is 55.3 Å². The van der Waals surface area contributed by atoms with Crippen LogP contribution in [0.4, 0.5) is 10.8 Å². The highest BCUT2D eigenvalue weighted by Crippen LogP contribution is 2.29. The number of hydrazone groups is 1. The first-order chi connectivity index (χ1) is 14.0. The van der Waals surface area contributed by atoms with Crippen LogP contribution in [0.5, 0.6) is 0 Å². The zero-order chi connectivity index (χ0) is 20.4. The van der Waals surface area contributed by atoms with Crippen LogP contribution in [-0.4, -0.2) is 16.1 Å². The second-order valence-corrected chi connectivity index (χ2v) is 7.82. The van der Waals surface area contributed by atoms with Crippen molar-refractivity contribution in [3.8, 4) is 10.4 Å². The highest BCUT2D eigenvalue weighted by Gasteiger charge is 2.14. The van der Waals surface area contributed by atoms with Crippen LogP contribution in [0.15, 0.2) is 73.5 Å². The predicted molar refractivity (Wildman–Crippen MR) is 116 cm³/mol. The zero-order valence-corrected chi connectivity index (χ0v) is 16.9. The highest BCUT2D eigenvalue weighted by molar-refractivity contribution is 9.10. The highest BCUT2D eigenvalue weighted by atomic mass is 79.9. The van der Waals surface area contributed by atoms with Crippen molar-refractivity contribution in [2.45, 2.75) is 0 Å². The Labute approximate surface area is 175 Å². The van der Waals surface area contributed by atoms with Crippen LogP contribution in [0.1, 0.15) is 5.56 Å². The van der Waals surface area contributed by atoms with Crippen molar-refractivity contribution in [2.75, 3.05) is 5.43 Å². The molecule has 2 aromatic carbocycles. The van der Waals surface area contributed by atoms with E-state index in [1.54, 1.807) is 12.3 Å². The lowest BCUT2D eigenvalue weighted by atomic mass is 10.1. The van der Waals surface area contributed by atoms with Gasteiger partial charge in [-0.2, -0.15) is 5.10 Å². The molecule has 0 unspecified atom stereocenters. The summed E-state index contributed by atoms with van der Waals surface area (Å²) in [5, 5.41) is 16.1. The van der Waals surface area contributed by atoms with Gasteiger partial charge in [-0.05, 0) is 29.8 Å². The van der Waals surface area contributed by atoms with Crippen LogP contribution < -0.4 is 11.1 Å². The molecule has 2 aromatic heterocycles. The predicted octanol–water partition coefficient (Wildman–Crippen LogP) is 5.03. The molecule has 0 fully saturated rings. The van der Waals surface area contributed by atoms with Crippen molar-refractivity contribution < 1.29 is 9.34 Å². The van der Waals surface area contributed by atoms with Crippen molar-refractivity contribution in [1.82, 2.24) is 4.98 Å². The Bertz CT molecular complexity index is 1300. The van der Waals surface area contributed by atoms with Crippen LogP contribution >= 0.6 is 27.3 Å². The minimum absolute atomic E-state index is 0.0776. The Hall–Kier alpha value is -3.37. The third-order valence-electron chi connectivity index (χ3n) is 3.94. The third kappa shape index (κ3) is 4.23. The smallest absolute Gasteiger partial charge is 0.345 e. The monoisotopic (exact) mass is 470 g/mol. The van der Waals surface area contributed by atoms with Gasteiger partial charge in [0, 0.05) is 28.2 Å². The molecule has 2 heterocycles. The molecule has 0 aliphatic heterocycles. The number of nitrogens with zero attached hydrogens (tertiary/aromatic N) is 3. The largest absolute Gasteiger partial charge is 0.422 e. The van der Waals surface area contributed by atoms with Crippen LogP contribution in [0.2, 0.25) is 0 Å². The van der Waals surface area contributed by atoms with E-state index in [2.05, 4.69) is 31.4 Å². The van der Waals surface area contributed by atoms with Gasteiger partial charge in [0.1, 0.15) is 5.58 Å². The Kier molecular flexibility index (Phi) is 5.19. The summed E-state index contributed by atoms with van der Waals surface area (Å²) in [7, 11) is 0. The molecule has 0 aliphatic rings. The van der Waals surface area contributed by atoms with Crippen LogP contribution in [-0.2, 0) is 0 Å². The van der Waals surface area contributed by atoms with Gasteiger partial charge in [0.2, 0.25) is 5.13 Å². The lowest BCUT2D eigenvalue weighted by Crippen LogP contribution is -2.01. The SMILES string of the molecule is O=c1oc2ccc([N+](=O)[O-])cc2cc1-c1cnc(N/N=C\c2ccc(Br)cc2)s1. The number of thiazole rings is 1. The van der Waals surface area contributed by atoms with Gasteiger partial charge in [-0.1, -0.05) is 39.4 Å². The number of hydrogen-bond donors (Lipinski definition) is 1. The molecule has 4 aromatic rings. The summed E-state index contributed by atoms with van der Waals surface area (Å²) in [5.74, 6) is 0. The van der Waals surface area contributed by atoms with Crippen LogP contribution in [0, 0.1) is 10.1 Å². The average molecular weight is 471 g/mol. The standard InChI is InChI=1S/C19H11BrN4O4S/c20-13-3-1-11(2-4-13)9-22-23-19-21-10-17(29-19)15-8-12-7-14(24(26)27)5-6-16(12)28-18(15)25/h1-10H,(H,21,23)/b22-9-.